The summed E-state index contributed by atoms with van der Waals surface area (Å²) in [4.78, 5) is 14.7. The van der Waals surface area contributed by atoms with Crippen molar-refractivity contribution in [3.8, 4) is 5.75 Å². The summed E-state index contributed by atoms with van der Waals surface area (Å²) in [7, 11) is 1.61. The van der Waals surface area contributed by atoms with Gasteiger partial charge in [-0.05, 0) is 31.0 Å². The number of carbonyl (C=O) groups is 1. The summed E-state index contributed by atoms with van der Waals surface area (Å²) in [5.74, 6) is 0.776. The van der Waals surface area contributed by atoms with Gasteiger partial charge in [0.2, 0.25) is 0 Å². The lowest BCUT2D eigenvalue weighted by molar-refractivity contribution is -0.00588. The lowest BCUT2D eigenvalue weighted by Gasteiger charge is -2.34. The summed E-state index contributed by atoms with van der Waals surface area (Å²) < 4.78 is 10.8. The average Bonchev–Trinajstić information content (AvgIpc) is 2.47. The van der Waals surface area contributed by atoms with Gasteiger partial charge in [-0.1, -0.05) is 13.0 Å². The van der Waals surface area contributed by atoms with Crippen molar-refractivity contribution < 1.29 is 14.3 Å². The summed E-state index contributed by atoms with van der Waals surface area (Å²) in [6.07, 6.45) is 0.998. The maximum Gasteiger partial charge on any atom is 0.180 e. The molecule has 0 amide bonds. The van der Waals surface area contributed by atoms with Crippen molar-refractivity contribution in [2.24, 2.45) is 0 Å². The number of benzene rings is 1. The molecule has 1 fully saturated rings. The van der Waals surface area contributed by atoms with Gasteiger partial charge in [0.05, 0.1) is 32.4 Å². The van der Waals surface area contributed by atoms with Crippen LogP contribution in [0, 0.1) is 6.92 Å². The highest BCUT2D eigenvalue weighted by Gasteiger charge is 2.24. The number of morpholine rings is 1. The van der Waals surface area contributed by atoms with Crippen molar-refractivity contribution in [1.82, 2.24) is 4.90 Å². The highest BCUT2D eigenvalue weighted by Crippen LogP contribution is 2.21. The second-order valence-electron chi connectivity index (χ2n) is 5.23. The maximum atomic E-state index is 12.5. The second kappa shape index (κ2) is 6.86. The quantitative estimate of drug-likeness (QED) is 0.774. The van der Waals surface area contributed by atoms with Crippen molar-refractivity contribution in [2.45, 2.75) is 26.3 Å². The zero-order valence-corrected chi connectivity index (χ0v) is 12.5. The van der Waals surface area contributed by atoms with Crippen LogP contribution >= 0.6 is 0 Å². The summed E-state index contributed by atoms with van der Waals surface area (Å²) in [6, 6.07) is 6.05. The molecule has 0 N–H and O–H groups in total. The van der Waals surface area contributed by atoms with E-state index in [2.05, 4.69) is 11.8 Å². The summed E-state index contributed by atoms with van der Waals surface area (Å²) >= 11 is 0. The Labute approximate surface area is 120 Å². The molecule has 1 heterocycles. The number of ketones is 1. The first-order valence-electron chi connectivity index (χ1n) is 7.15. The molecule has 4 nitrogen and oxygen atoms in total. The molecular weight excluding hydrogens is 254 g/mol. The molecule has 1 aromatic rings. The molecule has 110 valence electrons. The third-order valence-corrected chi connectivity index (χ3v) is 3.82. The third-order valence-electron chi connectivity index (χ3n) is 3.82. The van der Waals surface area contributed by atoms with E-state index in [9.17, 15) is 4.79 Å². The SMILES string of the molecule is CCC1COCCN1CC(=O)c1ccc(C)cc1OC. The number of carbonyl (C=O) groups excluding carboxylic acids is 1. The van der Waals surface area contributed by atoms with Gasteiger partial charge in [-0.25, -0.2) is 0 Å². The molecule has 0 bridgehead atoms. The molecule has 4 heteroatoms. The van der Waals surface area contributed by atoms with Crippen LogP contribution in [0.3, 0.4) is 0 Å². The van der Waals surface area contributed by atoms with E-state index in [1.54, 1.807) is 7.11 Å². The largest absolute Gasteiger partial charge is 0.496 e. The van der Waals surface area contributed by atoms with E-state index in [-0.39, 0.29) is 5.78 Å². The molecule has 1 aliphatic heterocycles. The monoisotopic (exact) mass is 277 g/mol. The zero-order valence-electron chi connectivity index (χ0n) is 12.5. The molecule has 2 rings (SSSR count). The standard InChI is InChI=1S/C16H23NO3/c1-4-13-11-20-8-7-17(13)10-15(18)14-6-5-12(2)9-16(14)19-3/h5-6,9,13H,4,7-8,10-11H2,1-3H3. The number of hydrogen-bond donors (Lipinski definition) is 0. The minimum atomic E-state index is 0.113. The van der Waals surface area contributed by atoms with E-state index in [0.717, 1.165) is 25.1 Å². The van der Waals surface area contributed by atoms with E-state index in [1.165, 1.54) is 0 Å². The van der Waals surface area contributed by atoms with Crippen molar-refractivity contribution >= 4 is 5.78 Å². The number of aryl methyl sites for hydroxylation is 1. The highest BCUT2D eigenvalue weighted by atomic mass is 16.5. The predicted molar refractivity (Wildman–Crippen MR) is 78.5 cm³/mol. The Morgan fingerprint density at radius 1 is 1.50 bits per heavy atom. The molecule has 1 aromatic carbocycles. The first-order valence-corrected chi connectivity index (χ1v) is 7.15. The molecule has 1 saturated heterocycles. The second-order valence-corrected chi connectivity index (χ2v) is 5.23. The Morgan fingerprint density at radius 3 is 3.00 bits per heavy atom. The number of Topliss-reactive ketones (excluding diaryl/α,β-unsaturated/α-hetero) is 1. The fourth-order valence-corrected chi connectivity index (χ4v) is 2.57. The van der Waals surface area contributed by atoms with Gasteiger partial charge in [0.1, 0.15) is 5.75 Å². The molecule has 0 aliphatic carbocycles. The smallest absolute Gasteiger partial charge is 0.180 e. The van der Waals surface area contributed by atoms with Gasteiger partial charge >= 0.3 is 0 Å². The van der Waals surface area contributed by atoms with E-state index >= 15 is 0 Å². The van der Waals surface area contributed by atoms with Crippen LogP contribution in [0.25, 0.3) is 0 Å². The summed E-state index contributed by atoms with van der Waals surface area (Å²) in [5.41, 5.74) is 1.76. The van der Waals surface area contributed by atoms with Crippen LogP contribution in [0.1, 0.15) is 29.3 Å². The topological polar surface area (TPSA) is 38.8 Å². The molecule has 0 saturated carbocycles. The number of hydrogen-bond acceptors (Lipinski definition) is 4. The number of ether oxygens (including phenoxy) is 2. The van der Waals surface area contributed by atoms with Crippen LogP contribution in [0.15, 0.2) is 18.2 Å². The van der Waals surface area contributed by atoms with Gasteiger partial charge in [-0.15, -0.1) is 0 Å². The van der Waals surface area contributed by atoms with Crippen LogP contribution in [0.4, 0.5) is 0 Å². The molecule has 1 unspecified atom stereocenters. The van der Waals surface area contributed by atoms with Crippen LogP contribution in [-0.4, -0.2) is 50.1 Å². The first-order chi connectivity index (χ1) is 9.65. The van der Waals surface area contributed by atoms with Crippen LogP contribution < -0.4 is 4.74 Å². The summed E-state index contributed by atoms with van der Waals surface area (Å²) in [6.45, 7) is 6.79. The fraction of sp³-hybridized carbons (Fsp3) is 0.562. The van der Waals surface area contributed by atoms with E-state index in [1.807, 2.05) is 25.1 Å². The highest BCUT2D eigenvalue weighted by molar-refractivity contribution is 6.00. The molecule has 1 aliphatic rings. The lowest BCUT2D eigenvalue weighted by atomic mass is 10.1. The number of methoxy groups -OCH3 is 1. The first kappa shape index (κ1) is 15.0. The maximum absolute atomic E-state index is 12.5. The van der Waals surface area contributed by atoms with Gasteiger partial charge in [0, 0.05) is 12.6 Å². The van der Waals surface area contributed by atoms with Crippen LogP contribution in [0.2, 0.25) is 0 Å². The van der Waals surface area contributed by atoms with E-state index < -0.39 is 0 Å². The van der Waals surface area contributed by atoms with Crippen LogP contribution in [-0.2, 0) is 4.74 Å². The lowest BCUT2D eigenvalue weighted by Crippen LogP contribution is -2.47. The van der Waals surface area contributed by atoms with Crippen molar-refractivity contribution in [2.75, 3.05) is 33.4 Å². The Morgan fingerprint density at radius 2 is 2.30 bits per heavy atom. The zero-order chi connectivity index (χ0) is 14.5. The Kier molecular flexibility index (Phi) is 5.15. The molecule has 0 radical (unpaired) electrons. The predicted octanol–water partition coefficient (Wildman–Crippen LogP) is 2.30. The number of rotatable bonds is 5. The average molecular weight is 277 g/mol. The van der Waals surface area contributed by atoms with Gasteiger partial charge in [-0.3, -0.25) is 9.69 Å². The Balaban J connectivity index is 2.11. The van der Waals surface area contributed by atoms with Crippen molar-refractivity contribution in [3.63, 3.8) is 0 Å². The van der Waals surface area contributed by atoms with Crippen molar-refractivity contribution in [1.29, 1.82) is 0 Å². The Bertz CT molecular complexity index is 473. The van der Waals surface area contributed by atoms with Gasteiger partial charge in [-0.2, -0.15) is 0 Å². The molecule has 20 heavy (non-hydrogen) atoms. The molecule has 1 atom stereocenters. The number of nitrogens with zero attached hydrogens (tertiary/aromatic N) is 1. The van der Waals surface area contributed by atoms with Crippen molar-refractivity contribution in [3.05, 3.63) is 29.3 Å². The minimum Gasteiger partial charge on any atom is -0.496 e. The summed E-state index contributed by atoms with van der Waals surface area (Å²) in [5, 5.41) is 0. The van der Waals surface area contributed by atoms with Gasteiger partial charge in [0.25, 0.3) is 0 Å². The molecule has 0 spiro atoms. The molecule has 0 aromatic heterocycles. The van der Waals surface area contributed by atoms with E-state index in [4.69, 9.17) is 9.47 Å². The fourth-order valence-electron chi connectivity index (χ4n) is 2.57. The normalized spacial score (nSPS) is 19.9. The van der Waals surface area contributed by atoms with Gasteiger partial charge < -0.3 is 9.47 Å². The van der Waals surface area contributed by atoms with Gasteiger partial charge in [0.15, 0.2) is 5.78 Å². The van der Waals surface area contributed by atoms with Crippen LogP contribution in [0.5, 0.6) is 5.75 Å². The Hall–Kier alpha value is -1.39. The minimum absolute atomic E-state index is 0.113. The molecular formula is C16H23NO3. The third kappa shape index (κ3) is 3.38. The van der Waals surface area contributed by atoms with E-state index in [0.29, 0.717) is 30.5 Å².